The lowest BCUT2D eigenvalue weighted by atomic mass is 10.2. The molecule has 0 saturated heterocycles. The van der Waals surface area contributed by atoms with E-state index in [9.17, 15) is 0 Å². The molecule has 0 spiro atoms. The Morgan fingerprint density at radius 1 is 1.36 bits per heavy atom. The molecule has 0 unspecified atom stereocenters. The third-order valence-electron chi connectivity index (χ3n) is 1.46. The standard InChI is InChI=1S/C10H11Br/c1-2-10(11)8-9-6-4-3-5-7-9/h3-8H,2H2,1H3. The largest absolute Gasteiger partial charge is 0.0622 e. The van der Waals surface area contributed by atoms with Crippen molar-refractivity contribution in [3.63, 3.8) is 0 Å². The van der Waals surface area contributed by atoms with Gasteiger partial charge in [-0.2, -0.15) is 0 Å². The Morgan fingerprint density at radius 2 is 2.00 bits per heavy atom. The molecular formula is C10H11Br. The fourth-order valence-electron chi connectivity index (χ4n) is 0.832. The van der Waals surface area contributed by atoms with Crippen LogP contribution in [-0.2, 0) is 0 Å². The molecule has 0 aromatic heterocycles. The van der Waals surface area contributed by atoms with E-state index in [2.05, 4.69) is 41.1 Å². The number of rotatable bonds is 2. The summed E-state index contributed by atoms with van der Waals surface area (Å²) in [4.78, 5) is 0. The van der Waals surface area contributed by atoms with Gasteiger partial charge in [-0.3, -0.25) is 0 Å². The van der Waals surface area contributed by atoms with Crippen LogP contribution in [0.4, 0.5) is 0 Å². The predicted octanol–water partition coefficient (Wildman–Crippen LogP) is 3.83. The van der Waals surface area contributed by atoms with Gasteiger partial charge in [0.25, 0.3) is 0 Å². The van der Waals surface area contributed by atoms with Gasteiger partial charge in [0.05, 0.1) is 0 Å². The smallest absolute Gasteiger partial charge is 0.00462 e. The lowest BCUT2D eigenvalue weighted by molar-refractivity contribution is 1.22. The number of halogens is 1. The monoisotopic (exact) mass is 210 g/mol. The first kappa shape index (κ1) is 8.54. The number of allylic oxidation sites excluding steroid dienone is 1. The Balaban J connectivity index is 2.79. The lowest BCUT2D eigenvalue weighted by Crippen LogP contribution is -1.70. The third-order valence-corrected chi connectivity index (χ3v) is 2.25. The molecule has 0 aliphatic heterocycles. The quantitative estimate of drug-likeness (QED) is 0.697. The Kier molecular flexibility index (Phi) is 3.37. The molecule has 0 atom stereocenters. The molecule has 0 radical (unpaired) electrons. The van der Waals surface area contributed by atoms with E-state index in [-0.39, 0.29) is 0 Å². The predicted molar refractivity (Wildman–Crippen MR) is 53.6 cm³/mol. The van der Waals surface area contributed by atoms with Gasteiger partial charge in [-0.15, -0.1) is 0 Å². The zero-order chi connectivity index (χ0) is 8.10. The molecule has 1 heteroatoms. The second-order valence-electron chi connectivity index (χ2n) is 2.36. The van der Waals surface area contributed by atoms with Crippen molar-refractivity contribution in [2.75, 3.05) is 0 Å². The van der Waals surface area contributed by atoms with Gasteiger partial charge in [-0.1, -0.05) is 53.2 Å². The minimum atomic E-state index is 1.05. The highest BCUT2D eigenvalue weighted by Crippen LogP contribution is 2.14. The summed E-state index contributed by atoms with van der Waals surface area (Å²) in [5, 5.41) is 0. The molecule has 58 valence electrons. The van der Waals surface area contributed by atoms with Gasteiger partial charge in [-0.25, -0.2) is 0 Å². The summed E-state index contributed by atoms with van der Waals surface area (Å²) >= 11 is 3.47. The number of hydrogen-bond donors (Lipinski definition) is 0. The van der Waals surface area contributed by atoms with E-state index < -0.39 is 0 Å². The maximum atomic E-state index is 3.47. The minimum Gasteiger partial charge on any atom is -0.0622 e. The van der Waals surface area contributed by atoms with Crippen molar-refractivity contribution in [1.29, 1.82) is 0 Å². The normalized spacial score (nSPS) is 11.6. The average molecular weight is 211 g/mol. The molecule has 0 saturated carbocycles. The summed E-state index contributed by atoms with van der Waals surface area (Å²) in [6.07, 6.45) is 3.19. The van der Waals surface area contributed by atoms with Crippen LogP contribution in [-0.4, -0.2) is 0 Å². The molecule has 0 amide bonds. The molecule has 0 bridgehead atoms. The highest BCUT2D eigenvalue weighted by Gasteiger charge is 1.87. The maximum Gasteiger partial charge on any atom is -0.00462 e. The van der Waals surface area contributed by atoms with Gasteiger partial charge in [0.2, 0.25) is 0 Å². The summed E-state index contributed by atoms with van der Waals surface area (Å²) in [6, 6.07) is 10.3. The van der Waals surface area contributed by atoms with Crippen LogP contribution in [0.25, 0.3) is 6.08 Å². The van der Waals surface area contributed by atoms with Crippen molar-refractivity contribution in [3.05, 3.63) is 40.4 Å². The Bertz CT molecular complexity index is 236. The van der Waals surface area contributed by atoms with E-state index in [1.54, 1.807) is 0 Å². The van der Waals surface area contributed by atoms with Crippen LogP contribution in [0.1, 0.15) is 18.9 Å². The molecule has 0 aliphatic rings. The molecule has 0 aliphatic carbocycles. The first-order valence-corrected chi connectivity index (χ1v) is 4.53. The van der Waals surface area contributed by atoms with E-state index in [1.165, 1.54) is 10.0 Å². The van der Waals surface area contributed by atoms with Gasteiger partial charge >= 0.3 is 0 Å². The van der Waals surface area contributed by atoms with Gasteiger partial charge in [-0.05, 0) is 22.5 Å². The summed E-state index contributed by atoms with van der Waals surface area (Å²) in [7, 11) is 0. The molecule has 1 aromatic carbocycles. The first-order valence-electron chi connectivity index (χ1n) is 3.74. The minimum absolute atomic E-state index is 1.05. The number of benzene rings is 1. The fourth-order valence-corrected chi connectivity index (χ4v) is 1.10. The Morgan fingerprint density at radius 3 is 2.55 bits per heavy atom. The second-order valence-corrected chi connectivity index (χ2v) is 3.37. The topological polar surface area (TPSA) is 0 Å². The molecule has 11 heavy (non-hydrogen) atoms. The summed E-state index contributed by atoms with van der Waals surface area (Å²) in [5.41, 5.74) is 1.25. The van der Waals surface area contributed by atoms with Crippen molar-refractivity contribution in [1.82, 2.24) is 0 Å². The Labute approximate surface area is 76.1 Å². The van der Waals surface area contributed by atoms with Crippen LogP contribution in [0.3, 0.4) is 0 Å². The van der Waals surface area contributed by atoms with Gasteiger partial charge < -0.3 is 0 Å². The van der Waals surface area contributed by atoms with Crippen LogP contribution >= 0.6 is 15.9 Å². The molecule has 1 rings (SSSR count). The van der Waals surface area contributed by atoms with Crippen molar-refractivity contribution >= 4 is 22.0 Å². The van der Waals surface area contributed by atoms with E-state index in [1.807, 2.05) is 18.2 Å². The van der Waals surface area contributed by atoms with Crippen LogP contribution in [0.5, 0.6) is 0 Å². The lowest BCUT2D eigenvalue weighted by Gasteiger charge is -1.93. The zero-order valence-electron chi connectivity index (χ0n) is 6.55. The highest BCUT2D eigenvalue weighted by atomic mass is 79.9. The molecule has 0 fully saturated rings. The summed E-state index contributed by atoms with van der Waals surface area (Å²) in [5.74, 6) is 0. The molecular weight excluding hydrogens is 200 g/mol. The van der Waals surface area contributed by atoms with E-state index in [0.717, 1.165) is 6.42 Å². The van der Waals surface area contributed by atoms with E-state index >= 15 is 0 Å². The highest BCUT2D eigenvalue weighted by molar-refractivity contribution is 9.11. The van der Waals surface area contributed by atoms with Crippen LogP contribution in [0, 0.1) is 0 Å². The van der Waals surface area contributed by atoms with Crippen molar-refractivity contribution in [3.8, 4) is 0 Å². The third kappa shape index (κ3) is 2.89. The van der Waals surface area contributed by atoms with E-state index in [0.29, 0.717) is 0 Å². The fraction of sp³-hybridized carbons (Fsp3) is 0.200. The Hall–Kier alpha value is -0.560. The van der Waals surface area contributed by atoms with Crippen LogP contribution in [0.2, 0.25) is 0 Å². The van der Waals surface area contributed by atoms with Crippen LogP contribution < -0.4 is 0 Å². The van der Waals surface area contributed by atoms with Gasteiger partial charge in [0, 0.05) is 0 Å². The van der Waals surface area contributed by atoms with E-state index in [4.69, 9.17) is 0 Å². The SMILES string of the molecule is CCC(Br)=Cc1ccccc1. The van der Waals surface area contributed by atoms with Crippen LogP contribution in [0.15, 0.2) is 34.8 Å². The van der Waals surface area contributed by atoms with Gasteiger partial charge in [0.1, 0.15) is 0 Å². The summed E-state index contributed by atoms with van der Waals surface area (Å²) in [6.45, 7) is 2.13. The zero-order valence-corrected chi connectivity index (χ0v) is 8.14. The van der Waals surface area contributed by atoms with Gasteiger partial charge in [0.15, 0.2) is 0 Å². The maximum absolute atomic E-state index is 3.47. The average Bonchev–Trinajstić information content (AvgIpc) is 2.06. The molecule has 1 aromatic rings. The van der Waals surface area contributed by atoms with Crippen molar-refractivity contribution in [2.24, 2.45) is 0 Å². The first-order chi connectivity index (χ1) is 5.33. The molecule has 0 nitrogen and oxygen atoms in total. The van der Waals surface area contributed by atoms with Crippen molar-refractivity contribution in [2.45, 2.75) is 13.3 Å². The summed E-state index contributed by atoms with van der Waals surface area (Å²) < 4.78 is 1.24. The van der Waals surface area contributed by atoms with Crippen molar-refractivity contribution < 1.29 is 0 Å². The number of hydrogen-bond acceptors (Lipinski definition) is 0. The second kappa shape index (κ2) is 4.35. The molecule has 0 N–H and O–H groups in total. The molecule has 0 heterocycles.